The van der Waals surface area contributed by atoms with Crippen LogP contribution in [0.5, 0.6) is 0 Å². The molecule has 21 heavy (non-hydrogen) atoms. The van der Waals surface area contributed by atoms with Gasteiger partial charge in [0.1, 0.15) is 6.61 Å². The summed E-state index contributed by atoms with van der Waals surface area (Å²) in [5.74, 6) is 0. The highest BCUT2D eigenvalue weighted by molar-refractivity contribution is 5.67. The van der Waals surface area contributed by atoms with E-state index in [9.17, 15) is 4.79 Å². The van der Waals surface area contributed by atoms with Crippen molar-refractivity contribution in [3.63, 3.8) is 0 Å². The monoisotopic (exact) mass is 297 g/mol. The molecule has 1 aromatic rings. The predicted octanol–water partition coefficient (Wildman–Crippen LogP) is 1.63. The zero-order valence-corrected chi connectivity index (χ0v) is 12.5. The smallest absolute Gasteiger partial charge is 0.410 e. The molecule has 1 aromatic carbocycles. The van der Waals surface area contributed by atoms with E-state index in [1.54, 1.807) is 0 Å². The van der Waals surface area contributed by atoms with Crippen LogP contribution in [0.15, 0.2) is 30.3 Å². The van der Waals surface area contributed by atoms with Crippen molar-refractivity contribution < 1.29 is 24.1 Å². The molecule has 0 atom stereocenters. The first-order valence-electron chi connectivity index (χ1n) is 6.83. The third-order valence-corrected chi connectivity index (χ3v) is 2.94. The van der Waals surface area contributed by atoms with E-state index >= 15 is 0 Å². The van der Waals surface area contributed by atoms with E-state index in [1.165, 1.54) is 19.1 Å². The normalized spacial score (nSPS) is 10.7. The number of aliphatic hydroxyl groups excluding tert-OH is 1. The minimum Gasteiger partial charge on any atom is -0.445 e. The van der Waals surface area contributed by atoms with Gasteiger partial charge in [0.25, 0.3) is 0 Å². The Hall–Kier alpha value is -1.63. The molecule has 0 radical (unpaired) electrons. The Labute approximate surface area is 125 Å². The number of nitrogens with zero attached hydrogens (tertiary/aromatic N) is 1. The first kappa shape index (κ1) is 17.4. The van der Waals surface area contributed by atoms with E-state index < -0.39 is 12.4 Å². The van der Waals surface area contributed by atoms with Gasteiger partial charge >= 0.3 is 6.09 Å². The fourth-order valence-corrected chi connectivity index (χ4v) is 1.75. The average molecular weight is 297 g/mol. The van der Waals surface area contributed by atoms with Crippen LogP contribution >= 0.6 is 0 Å². The van der Waals surface area contributed by atoms with Crippen molar-refractivity contribution in [2.45, 2.75) is 19.3 Å². The maximum atomic E-state index is 12.1. The van der Waals surface area contributed by atoms with Gasteiger partial charge in [0.2, 0.25) is 0 Å². The number of carbonyl (C=O) groups excluding carboxylic acids is 1. The molecule has 0 aliphatic heterocycles. The van der Waals surface area contributed by atoms with Crippen molar-refractivity contribution in [2.75, 3.05) is 33.9 Å². The van der Waals surface area contributed by atoms with Gasteiger partial charge < -0.3 is 24.2 Å². The summed E-state index contributed by atoms with van der Waals surface area (Å²) in [5.41, 5.74) is 0.919. The number of ether oxygens (including phenoxy) is 3. The Morgan fingerprint density at radius 3 is 2.48 bits per heavy atom. The number of hydrogen-bond donors (Lipinski definition) is 1. The molecule has 1 amide bonds. The van der Waals surface area contributed by atoms with Crippen molar-refractivity contribution in [3.05, 3.63) is 35.9 Å². The third kappa shape index (κ3) is 6.57. The molecule has 0 aromatic heterocycles. The number of carbonyl (C=O) groups is 1. The van der Waals surface area contributed by atoms with Crippen LogP contribution in [-0.2, 0) is 20.8 Å². The number of rotatable bonds is 9. The lowest BCUT2D eigenvalue weighted by Crippen LogP contribution is -2.40. The molecule has 0 spiro atoms. The highest BCUT2D eigenvalue weighted by atomic mass is 16.7. The number of hydrogen-bond acceptors (Lipinski definition) is 5. The van der Waals surface area contributed by atoms with Gasteiger partial charge in [-0.15, -0.1) is 0 Å². The minimum atomic E-state index is -0.520. The molecule has 0 heterocycles. The van der Waals surface area contributed by atoms with E-state index in [0.29, 0.717) is 13.0 Å². The fraction of sp³-hybridized carbons (Fsp3) is 0.533. The average Bonchev–Trinajstić information content (AvgIpc) is 2.54. The maximum Gasteiger partial charge on any atom is 0.410 e. The van der Waals surface area contributed by atoms with Gasteiger partial charge in [0.15, 0.2) is 6.29 Å². The molecule has 1 rings (SSSR count). The van der Waals surface area contributed by atoms with Crippen LogP contribution in [0.4, 0.5) is 4.79 Å². The van der Waals surface area contributed by atoms with Gasteiger partial charge in [-0.2, -0.15) is 0 Å². The summed E-state index contributed by atoms with van der Waals surface area (Å²) in [6, 6.07) is 9.45. The first-order valence-corrected chi connectivity index (χ1v) is 6.83. The van der Waals surface area contributed by atoms with Gasteiger partial charge in [0.05, 0.1) is 6.54 Å². The molecule has 0 aliphatic rings. The van der Waals surface area contributed by atoms with Crippen LogP contribution in [0, 0.1) is 0 Å². The zero-order valence-electron chi connectivity index (χ0n) is 12.5. The number of methoxy groups -OCH3 is 2. The van der Waals surface area contributed by atoms with Crippen LogP contribution in [0.1, 0.15) is 12.0 Å². The largest absolute Gasteiger partial charge is 0.445 e. The van der Waals surface area contributed by atoms with Crippen molar-refractivity contribution in [1.29, 1.82) is 0 Å². The van der Waals surface area contributed by atoms with Crippen LogP contribution in [-0.4, -0.2) is 56.3 Å². The van der Waals surface area contributed by atoms with Crippen molar-refractivity contribution in [2.24, 2.45) is 0 Å². The van der Waals surface area contributed by atoms with E-state index in [2.05, 4.69) is 0 Å². The molecule has 6 nitrogen and oxygen atoms in total. The van der Waals surface area contributed by atoms with Crippen molar-refractivity contribution in [1.82, 2.24) is 4.90 Å². The van der Waals surface area contributed by atoms with Gasteiger partial charge in [-0.05, 0) is 12.0 Å². The topological polar surface area (TPSA) is 68.2 Å². The van der Waals surface area contributed by atoms with Gasteiger partial charge in [0, 0.05) is 27.4 Å². The van der Waals surface area contributed by atoms with E-state index in [4.69, 9.17) is 19.3 Å². The Kier molecular flexibility index (Phi) is 8.42. The molecule has 0 fully saturated rings. The number of benzene rings is 1. The highest BCUT2D eigenvalue weighted by Crippen LogP contribution is 2.06. The Balaban J connectivity index is 2.53. The molecule has 6 heteroatoms. The Morgan fingerprint density at radius 1 is 1.24 bits per heavy atom. The summed E-state index contributed by atoms with van der Waals surface area (Å²) in [7, 11) is 3.02. The zero-order chi connectivity index (χ0) is 15.5. The summed E-state index contributed by atoms with van der Waals surface area (Å²) in [4.78, 5) is 13.6. The van der Waals surface area contributed by atoms with Gasteiger partial charge in [-0.1, -0.05) is 30.3 Å². The molecule has 0 unspecified atom stereocenters. The number of aliphatic hydroxyl groups is 1. The molecule has 118 valence electrons. The van der Waals surface area contributed by atoms with Crippen LogP contribution < -0.4 is 0 Å². The lowest BCUT2D eigenvalue weighted by Gasteiger charge is -2.25. The minimum absolute atomic E-state index is 0.00704. The van der Waals surface area contributed by atoms with Gasteiger partial charge in [-0.3, -0.25) is 0 Å². The van der Waals surface area contributed by atoms with E-state index in [-0.39, 0.29) is 19.8 Å². The molecular weight excluding hydrogens is 274 g/mol. The van der Waals surface area contributed by atoms with E-state index in [0.717, 1.165) is 5.56 Å². The highest BCUT2D eigenvalue weighted by Gasteiger charge is 2.19. The first-order chi connectivity index (χ1) is 10.2. The lowest BCUT2D eigenvalue weighted by atomic mass is 10.2. The predicted molar refractivity (Wildman–Crippen MR) is 77.7 cm³/mol. The molecule has 0 saturated carbocycles. The summed E-state index contributed by atoms with van der Waals surface area (Å²) >= 11 is 0. The second-order valence-electron chi connectivity index (χ2n) is 4.46. The molecule has 1 N–H and O–H groups in total. The SMILES string of the molecule is COC(CN(CCCO)C(=O)OCc1ccccc1)OC. The summed E-state index contributed by atoms with van der Waals surface area (Å²) in [5, 5.41) is 8.91. The summed E-state index contributed by atoms with van der Waals surface area (Å²) in [6.45, 7) is 0.848. The maximum absolute atomic E-state index is 12.1. The van der Waals surface area contributed by atoms with E-state index in [1.807, 2.05) is 30.3 Å². The second-order valence-corrected chi connectivity index (χ2v) is 4.46. The van der Waals surface area contributed by atoms with Crippen LogP contribution in [0.25, 0.3) is 0 Å². The van der Waals surface area contributed by atoms with Crippen LogP contribution in [0.2, 0.25) is 0 Å². The summed E-state index contributed by atoms with van der Waals surface area (Å²) < 4.78 is 15.4. The number of amides is 1. The Morgan fingerprint density at radius 2 is 1.90 bits per heavy atom. The summed E-state index contributed by atoms with van der Waals surface area (Å²) in [6.07, 6.45) is -0.500. The molecule has 0 bridgehead atoms. The van der Waals surface area contributed by atoms with Crippen molar-refractivity contribution >= 4 is 6.09 Å². The van der Waals surface area contributed by atoms with Crippen LogP contribution in [0.3, 0.4) is 0 Å². The molecular formula is C15H23NO5. The van der Waals surface area contributed by atoms with Gasteiger partial charge in [-0.25, -0.2) is 4.79 Å². The molecule has 0 aliphatic carbocycles. The lowest BCUT2D eigenvalue weighted by molar-refractivity contribution is -0.114. The van der Waals surface area contributed by atoms with Crippen molar-refractivity contribution in [3.8, 4) is 0 Å². The quantitative estimate of drug-likeness (QED) is 0.702. The standard InChI is InChI=1S/C15H23NO5/c1-19-14(20-2)11-16(9-6-10-17)15(18)21-12-13-7-4-3-5-8-13/h3-5,7-8,14,17H,6,9-12H2,1-2H3. The molecule has 0 saturated heterocycles. The fourth-order valence-electron chi connectivity index (χ4n) is 1.75. The Bertz CT molecular complexity index is 394. The third-order valence-electron chi connectivity index (χ3n) is 2.94. The second kappa shape index (κ2) is 10.1.